The number of benzene rings is 5. The smallest absolute Gasteiger partial charge is 0.226 e. The molecule has 0 amide bonds. The lowest BCUT2D eigenvalue weighted by molar-refractivity contribution is 1.07. The Bertz CT molecular complexity index is 1910. The van der Waals surface area contributed by atoms with Gasteiger partial charge in [-0.05, 0) is 47.0 Å². The molecule has 0 spiro atoms. The predicted molar refractivity (Wildman–Crippen MR) is 155 cm³/mol. The Balaban J connectivity index is 1.44. The maximum atomic E-state index is 6.42. The van der Waals surface area contributed by atoms with E-state index in [2.05, 4.69) is 99.5 Å². The number of para-hydroxylation sites is 1. The molecule has 0 bridgehead atoms. The van der Waals surface area contributed by atoms with Crippen LogP contribution in [0.15, 0.2) is 127 Å². The second-order valence-corrected chi connectivity index (χ2v) is 9.42. The van der Waals surface area contributed by atoms with E-state index in [1.807, 2.05) is 42.5 Å². The molecule has 0 saturated carbocycles. The molecule has 0 saturated heterocycles. The molecule has 0 unspecified atom stereocenters. The average molecular weight is 509 g/mol. The van der Waals surface area contributed by atoms with Gasteiger partial charge >= 0.3 is 0 Å². The van der Waals surface area contributed by atoms with Gasteiger partial charge < -0.3 is 4.57 Å². The van der Waals surface area contributed by atoms with Crippen molar-refractivity contribution in [2.75, 3.05) is 0 Å². The molecule has 7 rings (SSSR count). The summed E-state index contributed by atoms with van der Waals surface area (Å²) in [5, 5.41) is 2.38. The third-order valence-electron chi connectivity index (χ3n) is 6.81. The van der Waals surface area contributed by atoms with E-state index in [4.69, 9.17) is 16.6 Å². The summed E-state index contributed by atoms with van der Waals surface area (Å²) in [5.41, 5.74) is 7.48. The van der Waals surface area contributed by atoms with E-state index in [9.17, 15) is 0 Å². The first-order valence-corrected chi connectivity index (χ1v) is 12.8. The molecule has 2 heterocycles. The van der Waals surface area contributed by atoms with Gasteiger partial charge in [0.25, 0.3) is 0 Å². The van der Waals surface area contributed by atoms with Crippen molar-refractivity contribution < 1.29 is 0 Å². The van der Waals surface area contributed by atoms with Crippen molar-refractivity contribution in [3.05, 3.63) is 133 Å². The Labute approximate surface area is 224 Å². The quantitative estimate of drug-likeness (QED) is 0.239. The van der Waals surface area contributed by atoms with E-state index in [-0.39, 0.29) is 5.28 Å². The zero-order chi connectivity index (χ0) is 25.5. The monoisotopic (exact) mass is 508 g/mol. The molecule has 0 aliphatic rings. The lowest BCUT2D eigenvalue weighted by Crippen LogP contribution is -1.98. The fourth-order valence-corrected chi connectivity index (χ4v) is 5.26. The molecule has 0 aliphatic heterocycles. The molecule has 4 nitrogen and oxygen atoms in total. The van der Waals surface area contributed by atoms with Crippen LogP contribution in [-0.4, -0.2) is 19.5 Å². The maximum Gasteiger partial charge on any atom is 0.226 e. The summed E-state index contributed by atoms with van der Waals surface area (Å²) in [6.45, 7) is 0. The summed E-state index contributed by atoms with van der Waals surface area (Å²) in [5.74, 6) is 1.11. The summed E-state index contributed by atoms with van der Waals surface area (Å²) < 4.78 is 2.30. The van der Waals surface area contributed by atoms with Gasteiger partial charge in [-0.3, -0.25) is 0 Å². The second-order valence-electron chi connectivity index (χ2n) is 9.08. The zero-order valence-electron chi connectivity index (χ0n) is 20.3. The Morgan fingerprint density at radius 1 is 0.474 bits per heavy atom. The van der Waals surface area contributed by atoms with Crippen LogP contribution in [0.2, 0.25) is 5.28 Å². The highest BCUT2D eigenvalue weighted by Crippen LogP contribution is 2.38. The van der Waals surface area contributed by atoms with Gasteiger partial charge in [-0.2, -0.15) is 9.97 Å². The van der Waals surface area contributed by atoms with Gasteiger partial charge in [0.05, 0.1) is 11.0 Å². The normalized spacial score (nSPS) is 11.3. The van der Waals surface area contributed by atoms with Crippen LogP contribution in [0.4, 0.5) is 0 Å². The van der Waals surface area contributed by atoms with E-state index in [0.717, 1.165) is 38.6 Å². The average Bonchev–Trinajstić information content (AvgIpc) is 3.32. The van der Waals surface area contributed by atoms with Gasteiger partial charge in [0.15, 0.2) is 11.6 Å². The highest BCUT2D eigenvalue weighted by molar-refractivity contribution is 6.28. The Morgan fingerprint density at radius 3 is 1.84 bits per heavy atom. The van der Waals surface area contributed by atoms with Crippen molar-refractivity contribution >= 4 is 33.4 Å². The van der Waals surface area contributed by atoms with Gasteiger partial charge in [0.2, 0.25) is 5.28 Å². The van der Waals surface area contributed by atoms with Crippen LogP contribution in [0, 0.1) is 0 Å². The summed E-state index contributed by atoms with van der Waals surface area (Å²) in [7, 11) is 0. The molecule has 0 aliphatic carbocycles. The molecule has 5 aromatic carbocycles. The highest BCUT2D eigenvalue weighted by atomic mass is 35.5. The fraction of sp³-hybridized carbons (Fsp3) is 0. The van der Waals surface area contributed by atoms with Crippen molar-refractivity contribution in [3.63, 3.8) is 0 Å². The van der Waals surface area contributed by atoms with Crippen LogP contribution < -0.4 is 0 Å². The SMILES string of the molecule is Clc1nc(-c2ccccc2)nc(-c2cccc3c2c2ccccc2n3-c2ccc(-c3ccccc3)cc2)n1. The molecule has 2 aromatic heterocycles. The fourth-order valence-electron chi connectivity index (χ4n) is 5.10. The first-order valence-electron chi connectivity index (χ1n) is 12.4. The Kier molecular flexibility index (Phi) is 5.46. The van der Waals surface area contributed by atoms with E-state index in [0.29, 0.717) is 11.6 Å². The lowest BCUT2D eigenvalue weighted by atomic mass is 10.1. The molecule has 38 heavy (non-hydrogen) atoms. The third kappa shape index (κ3) is 3.83. The minimum Gasteiger partial charge on any atom is -0.309 e. The molecule has 180 valence electrons. The Hall–Kier alpha value is -4.80. The number of hydrogen-bond donors (Lipinski definition) is 0. The predicted octanol–water partition coefficient (Wildman–Crippen LogP) is 8.62. The first kappa shape index (κ1) is 22.4. The van der Waals surface area contributed by atoms with Crippen molar-refractivity contribution in [2.45, 2.75) is 0 Å². The van der Waals surface area contributed by atoms with E-state index in [1.165, 1.54) is 11.1 Å². The molecule has 5 heteroatoms. The summed E-state index contributed by atoms with van der Waals surface area (Å²) in [6.07, 6.45) is 0. The van der Waals surface area contributed by atoms with Crippen LogP contribution in [-0.2, 0) is 0 Å². The number of fused-ring (bicyclic) bond motifs is 3. The van der Waals surface area contributed by atoms with Gasteiger partial charge in [0, 0.05) is 27.6 Å². The van der Waals surface area contributed by atoms with Crippen molar-refractivity contribution in [3.8, 4) is 39.6 Å². The van der Waals surface area contributed by atoms with Crippen LogP contribution in [0.3, 0.4) is 0 Å². The van der Waals surface area contributed by atoms with Crippen molar-refractivity contribution in [1.29, 1.82) is 0 Å². The zero-order valence-corrected chi connectivity index (χ0v) is 21.0. The third-order valence-corrected chi connectivity index (χ3v) is 6.98. The maximum absolute atomic E-state index is 6.42. The molecule has 0 fully saturated rings. The van der Waals surface area contributed by atoms with Gasteiger partial charge in [-0.25, -0.2) is 4.98 Å². The first-order chi connectivity index (χ1) is 18.8. The molecular weight excluding hydrogens is 488 g/mol. The van der Waals surface area contributed by atoms with Gasteiger partial charge in [-0.1, -0.05) is 103 Å². The largest absolute Gasteiger partial charge is 0.309 e. The second kappa shape index (κ2) is 9.25. The summed E-state index contributed by atoms with van der Waals surface area (Å²) in [6, 6.07) is 43.6. The molecule has 7 aromatic rings. The summed E-state index contributed by atoms with van der Waals surface area (Å²) >= 11 is 6.42. The number of nitrogens with zero attached hydrogens (tertiary/aromatic N) is 4. The van der Waals surface area contributed by atoms with Crippen molar-refractivity contribution in [1.82, 2.24) is 19.5 Å². The molecule has 0 N–H and O–H groups in total. The number of hydrogen-bond acceptors (Lipinski definition) is 3. The van der Waals surface area contributed by atoms with E-state index in [1.54, 1.807) is 0 Å². The van der Waals surface area contributed by atoms with Crippen LogP contribution in [0.1, 0.15) is 0 Å². The number of halogens is 1. The van der Waals surface area contributed by atoms with Crippen LogP contribution in [0.25, 0.3) is 61.4 Å². The van der Waals surface area contributed by atoms with E-state index >= 15 is 0 Å². The Morgan fingerprint density at radius 2 is 1.08 bits per heavy atom. The molecule has 0 atom stereocenters. The van der Waals surface area contributed by atoms with Crippen molar-refractivity contribution in [2.24, 2.45) is 0 Å². The molecular formula is C33H21ClN4. The van der Waals surface area contributed by atoms with Crippen LogP contribution in [0.5, 0.6) is 0 Å². The van der Waals surface area contributed by atoms with Gasteiger partial charge in [0.1, 0.15) is 0 Å². The number of aromatic nitrogens is 4. The van der Waals surface area contributed by atoms with E-state index < -0.39 is 0 Å². The highest BCUT2D eigenvalue weighted by Gasteiger charge is 2.18. The minimum absolute atomic E-state index is 0.172. The summed E-state index contributed by atoms with van der Waals surface area (Å²) in [4.78, 5) is 13.8. The van der Waals surface area contributed by atoms with Gasteiger partial charge in [-0.15, -0.1) is 0 Å². The standard InChI is InChI=1S/C33H21ClN4/c34-33-36-31(24-12-5-2-6-13-24)35-32(37-33)27-15-9-17-29-30(27)26-14-7-8-16-28(26)38(29)25-20-18-23(19-21-25)22-10-3-1-4-11-22/h1-21H. The topological polar surface area (TPSA) is 43.6 Å². The van der Waals surface area contributed by atoms with Crippen LogP contribution >= 0.6 is 11.6 Å². The minimum atomic E-state index is 0.172. The lowest BCUT2D eigenvalue weighted by Gasteiger charge is -2.10. The number of rotatable bonds is 4. The molecule has 0 radical (unpaired) electrons.